The number of sulfonamides is 1. The van der Waals surface area contributed by atoms with Gasteiger partial charge in [0.2, 0.25) is 10.0 Å². The van der Waals surface area contributed by atoms with Crippen LogP contribution >= 0.6 is 23.2 Å². The predicted octanol–water partition coefficient (Wildman–Crippen LogP) is 1.81. The van der Waals surface area contributed by atoms with Crippen molar-refractivity contribution >= 4 is 38.9 Å². The van der Waals surface area contributed by atoms with Crippen LogP contribution in [-0.4, -0.2) is 40.5 Å². The molecule has 108 valence electrons. The molecule has 0 aromatic heterocycles. The second-order valence-corrected chi connectivity index (χ2v) is 6.89. The maximum absolute atomic E-state index is 12.1. The predicted molar refractivity (Wildman–Crippen MR) is 79.2 cm³/mol. The zero-order valence-corrected chi connectivity index (χ0v) is 13.1. The van der Waals surface area contributed by atoms with E-state index >= 15 is 0 Å². The van der Waals surface area contributed by atoms with Crippen LogP contribution in [0.3, 0.4) is 0 Å². The van der Waals surface area contributed by atoms with Crippen molar-refractivity contribution in [3.63, 3.8) is 0 Å². The Kier molecular flexibility index (Phi) is 5.88. The average molecular weight is 326 g/mol. The van der Waals surface area contributed by atoms with Gasteiger partial charge in [0.1, 0.15) is 4.90 Å². The molecule has 0 saturated carbocycles. The van der Waals surface area contributed by atoms with E-state index in [9.17, 15) is 8.42 Å². The van der Waals surface area contributed by atoms with Gasteiger partial charge in [-0.1, -0.05) is 23.2 Å². The van der Waals surface area contributed by atoms with Gasteiger partial charge in [0.15, 0.2) is 0 Å². The van der Waals surface area contributed by atoms with Gasteiger partial charge in [-0.25, -0.2) is 13.1 Å². The molecule has 3 N–H and O–H groups in total. The number of nitrogens with two attached hydrogens (primary N) is 1. The Hall–Kier alpha value is -0.530. The van der Waals surface area contributed by atoms with Crippen LogP contribution in [0.15, 0.2) is 17.0 Å². The zero-order chi connectivity index (χ0) is 14.6. The lowest BCUT2D eigenvalue weighted by Crippen LogP contribution is -2.27. The van der Waals surface area contributed by atoms with Crippen LogP contribution in [0.1, 0.15) is 6.42 Å². The molecule has 0 fully saturated rings. The fraction of sp³-hybridized carbons (Fsp3) is 0.455. The first-order valence-corrected chi connectivity index (χ1v) is 7.87. The number of nitrogen functional groups attached to an aromatic ring is 1. The van der Waals surface area contributed by atoms with E-state index in [2.05, 4.69) is 4.72 Å². The van der Waals surface area contributed by atoms with Gasteiger partial charge >= 0.3 is 0 Å². The Bertz CT molecular complexity index is 524. The second-order valence-electron chi connectivity index (χ2n) is 4.37. The molecule has 0 aliphatic heterocycles. The number of benzene rings is 1. The molecule has 19 heavy (non-hydrogen) atoms. The molecule has 0 amide bonds. The van der Waals surface area contributed by atoms with Crippen LogP contribution in [0, 0.1) is 0 Å². The minimum atomic E-state index is -3.72. The molecule has 0 unspecified atom stereocenters. The van der Waals surface area contributed by atoms with Gasteiger partial charge in [0.05, 0.1) is 10.0 Å². The molecule has 0 radical (unpaired) electrons. The first-order valence-electron chi connectivity index (χ1n) is 5.63. The molecule has 0 atom stereocenters. The Labute approximate surface area is 123 Å². The summed E-state index contributed by atoms with van der Waals surface area (Å²) in [6.45, 7) is 1.10. The lowest BCUT2D eigenvalue weighted by Gasteiger charge is -2.12. The van der Waals surface area contributed by atoms with Crippen LogP contribution < -0.4 is 10.5 Å². The normalized spacial score (nSPS) is 12.1. The standard InChI is InChI=1S/C11H17Cl2N3O2S/c1-16(2)5-3-4-15-19(17,18)11-9(12)6-8(14)7-10(11)13/h6-7,15H,3-5,14H2,1-2H3. The molecule has 0 spiro atoms. The summed E-state index contributed by atoms with van der Waals surface area (Å²) in [5.74, 6) is 0. The lowest BCUT2D eigenvalue weighted by molar-refractivity contribution is 0.400. The third kappa shape index (κ3) is 4.81. The van der Waals surface area contributed by atoms with Crippen molar-refractivity contribution in [3.05, 3.63) is 22.2 Å². The highest BCUT2D eigenvalue weighted by molar-refractivity contribution is 7.89. The number of anilines is 1. The summed E-state index contributed by atoms with van der Waals surface area (Å²) in [5, 5.41) is 0.0372. The molecular formula is C11H17Cl2N3O2S. The summed E-state index contributed by atoms with van der Waals surface area (Å²) >= 11 is 11.8. The van der Waals surface area contributed by atoms with Gasteiger partial charge < -0.3 is 10.6 Å². The topological polar surface area (TPSA) is 75.4 Å². The summed E-state index contributed by atoms with van der Waals surface area (Å²) in [7, 11) is 0.113. The molecule has 0 bridgehead atoms. The van der Waals surface area contributed by atoms with Crippen molar-refractivity contribution in [3.8, 4) is 0 Å². The number of hydrogen-bond acceptors (Lipinski definition) is 4. The van der Waals surface area contributed by atoms with Crippen LogP contribution in [0.25, 0.3) is 0 Å². The molecule has 0 heterocycles. The van der Waals surface area contributed by atoms with E-state index < -0.39 is 10.0 Å². The minimum absolute atomic E-state index is 0.0186. The summed E-state index contributed by atoms with van der Waals surface area (Å²) in [6, 6.07) is 2.73. The first kappa shape index (κ1) is 16.5. The van der Waals surface area contributed by atoms with Gasteiger partial charge in [0.25, 0.3) is 0 Å². The van der Waals surface area contributed by atoms with E-state index in [1.807, 2.05) is 19.0 Å². The largest absolute Gasteiger partial charge is 0.399 e. The third-order valence-corrected chi connectivity index (χ3v) is 4.75. The highest BCUT2D eigenvalue weighted by Gasteiger charge is 2.21. The maximum atomic E-state index is 12.1. The highest BCUT2D eigenvalue weighted by Crippen LogP contribution is 2.31. The highest BCUT2D eigenvalue weighted by atomic mass is 35.5. The maximum Gasteiger partial charge on any atom is 0.243 e. The smallest absolute Gasteiger partial charge is 0.243 e. The first-order chi connectivity index (χ1) is 8.74. The van der Waals surface area contributed by atoms with Crippen LogP contribution in [0.5, 0.6) is 0 Å². The van der Waals surface area contributed by atoms with Gasteiger partial charge in [-0.15, -0.1) is 0 Å². The quantitative estimate of drug-likeness (QED) is 0.617. The number of nitrogens with one attached hydrogen (secondary N) is 1. The molecule has 0 aliphatic rings. The zero-order valence-electron chi connectivity index (χ0n) is 10.8. The van der Waals surface area contributed by atoms with Gasteiger partial charge in [-0.3, -0.25) is 0 Å². The van der Waals surface area contributed by atoms with Crippen molar-refractivity contribution in [2.24, 2.45) is 0 Å². The Morgan fingerprint density at radius 3 is 2.26 bits per heavy atom. The minimum Gasteiger partial charge on any atom is -0.399 e. The van der Waals surface area contributed by atoms with E-state index in [4.69, 9.17) is 28.9 Å². The second kappa shape index (κ2) is 6.76. The van der Waals surface area contributed by atoms with Crippen molar-refractivity contribution in [2.45, 2.75) is 11.3 Å². The van der Waals surface area contributed by atoms with E-state index in [-0.39, 0.29) is 14.9 Å². The SMILES string of the molecule is CN(C)CCCNS(=O)(=O)c1c(Cl)cc(N)cc1Cl. The van der Waals surface area contributed by atoms with Crippen LogP contribution in [0.4, 0.5) is 5.69 Å². The summed E-state index contributed by atoms with van der Waals surface area (Å²) < 4.78 is 26.7. The molecule has 0 saturated heterocycles. The molecular weight excluding hydrogens is 309 g/mol. The fourth-order valence-corrected chi connectivity index (χ4v) is 3.81. The van der Waals surface area contributed by atoms with Gasteiger partial charge in [-0.2, -0.15) is 0 Å². The van der Waals surface area contributed by atoms with Crippen LogP contribution in [0.2, 0.25) is 10.0 Å². The summed E-state index contributed by atoms with van der Waals surface area (Å²) in [4.78, 5) is 1.84. The van der Waals surface area contributed by atoms with E-state index in [0.29, 0.717) is 18.7 Å². The Morgan fingerprint density at radius 2 is 1.79 bits per heavy atom. The monoisotopic (exact) mass is 325 g/mol. The molecule has 0 aliphatic carbocycles. The number of nitrogens with zero attached hydrogens (tertiary/aromatic N) is 1. The molecule has 5 nitrogen and oxygen atoms in total. The third-order valence-electron chi connectivity index (χ3n) is 2.36. The fourth-order valence-electron chi connectivity index (χ4n) is 1.51. The van der Waals surface area contributed by atoms with Crippen LogP contribution in [-0.2, 0) is 10.0 Å². The Morgan fingerprint density at radius 1 is 1.26 bits per heavy atom. The van der Waals surface area contributed by atoms with Gasteiger partial charge in [-0.05, 0) is 39.2 Å². The lowest BCUT2D eigenvalue weighted by atomic mass is 10.3. The molecule has 8 heteroatoms. The van der Waals surface area contributed by atoms with Crippen molar-refractivity contribution < 1.29 is 8.42 Å². The summed E-state index contributed by atoms with van der Waals surface area (Å²) in [6.07, 6.45) is 0.691. The molecule has 1 aromatic carbocycles. The molecule has 1 aromatic rings. The van der Waals surface area contributed by atoms with Gasteiger partial charge in [0, 0.05) is 12.2 Å². The van der Waals surface area contributed by atoms with E-state index in [1.165, 1.54) is 12.1 Å². The van der Waals surface area contributed by atoms with Crippen molar-refractivity contribution in [2.75, 3.05) is 32.9 Å². The average Bonchev–Trinajstić information content (AvgIpc) is 2.22. The summed E-state index contributed by atoms with van der Waals surface area (Å²) in [5.41, 5.74) is 5.86. The van der Waals surface area contributed by atoms with E-state index in [0.717, 1.165) is 6.54 Å². The molecule has 1 rings (SSSR count). The van der Waals surface area contributed by atoms with E-state index in [1.54, 1.807) is 0 Å². The number of rotatable bonds is 6. The number of halogens is 2. The number of hydrogen-bond donors (Lipinski definition) is 2. The Balaban J connectivity index is 2.84. The van der Waals surface area contributed by atoms with Crippen molar-refractivity contribution in [1.82, 2.24) is 9.62 Å². The van der Waals surface area contributed by atoms with Crippen molar-refractivity contribution in [1.29, 1.82) is 0 Å².